The number of rotatable bonds is 7. The van der Waals surface area contributed by atoms with E-state index < -0.39 is 11.4 Å². The van der Waals surface area contributed by atoms with Gasteiger partial charge in [-0.25, -0.2) is 0 Å². The van der Waals surface area contributed by atoms with E-state index in [0.29, 0.717) is 17.9 Å². The minimum Gasteiger partial charge on any atom is -0.497 e. The molecule has 0 bridgehead atoms. The molecule has 0 fully saturated rings. The van der Waals surface area contributed by atoms with Crippen LogP contribution in [0.5, 0.6) is 5.75 Å². The van der Waals surface area contributed by atoms with Crippen LogP contribution in [-0.2, 0) is 9.59 Å². The number of benzene rings is 1. The molecular weight excluding hydrogens is 258 g/mol. The van der Waals surface area contributed by atoms with Crippen molar-refractivity contribution in [2.24, 2.45) is 5.41 Å². The highest BCUT2D eigenvalue weighted by Gasteiger charge is 2.28. The minimum atomic E-state index is -0.886. The van der Waals surface area contributed by atoms with Crippen molar-refractivity contribution in [3.63, 3.8) is 0 Å². The maximum Gasteiger partial charge on any atom is 0.303 e. The predicted molar refractivity (Wildman–Crippen MR) is 76.9 cm³/mol. The molecule has 1 aromatic carbocycles. The standard InChI is InChI=1S/C15H21NO4/c1-4-15(2,10-14(18)19)9-13(17)16-11-6-5-7-12(8-11)20-3/h5-8H,4,9-10H2,1-3H3,(H,16,17)(H,18,19). The Hall–Kier alpha value is -2.04. The van der Waals surface area contributed by atoms with Crippen LogP contribution in [0.25, 0.3) is 0 Å². The van der Waals surface area contributed by atoms with Crippen molar-refractivity contribution in [2.45, 2.75) is 33.1 Å². The molecule has 0 spiro atoms. The Morgan fingerprint density at radius 3 is 2.60 bits per heavy atom. The fourth-order valence-electron chi connectivity index (χ4n) is 1.97. The first-order valence-electron chi connectivity index (χ1n) is 6.54. The largest absolute Gasteiger partial charge is 0.497 e. The predicted octanol–water partition coefficient (Wildman–Crippen LogP) is 2.91. The van der Waals surface area contributed by atoms with Gasteiger partial charge in [0.2, 0.25) is 5.91 Å². The highest BCUT2D eigenvalue weighted by Crippen LogP contribution is 2.30. The molecule has 0 heterocycles. The summed E-state index contributed by atoms with van der Waals surface area (Å²) in [6.07, 6.45) is 0.785. The second-order valence-electron chi connectivity index (χ2n) is 5.19. The summed E-state index contributed by atoms with van der Waals surface area (Å²) in [5.74, 6) is -0.418. The molecule has 5 nitrogen and oxygen atoms in total. The van der Waals surface area contributed by atoms with Gasteiger partial charge >= 0.3 is 5.97 Å². The molecule has 0 aliphatic rings. The fraction of sp³-hybridized carbons (Fsp3) is 0.467. The van der Waals surface area contributed by atoms with Gasteiger partial charge in [0.25, 0.3) is 0 Å². The van der Waals surface area contributed by atoms with E-state index in [1.165, 1.54) is 0 Å². The maximum absolute atomic E-state index is 12.0. The van der Waals surface area contributed by atoms with Gasteiger partial charge in [-0.15, -0.1) is 0 Å². The molecule has 0 saturated carbocycles. The first-order valence-corrected chi connectivity index (χ1v) is 6.54. The minimum absolute atomic E-state index is 0.0188. The van der Waals surface area contributed by atoms with Crippen LogP contribution in [0.15, 0.2) is 24.3 Å². The zero-order valence-corrected chi connectivity index (χ0v) is 12.1. The van der Waals surface area contributed by atoms with Crippen molar-refractivity contribution >= 4 is 17.6 Å². The number of nitrogens with one attached hydrogen (secondary N) is 1. The number of anilines is 1. The third-order valence-electron chi connectivity index (χ3n) is 3.37. The topological polar surface area (TPSA) is 75.6 Å². The van der Waals surface area contributed by atoms with Crippen LogP contribution in [0.1, 0.15) is 33.1 Å². The Balaban J connectivity index is 2.68. The summed E-state index contributed by atoms with van der Waals surface area (Å²) in [5.41, 5.74) is 0.109. The normalized spacial score (nSPS) is 13.3. The molecule has 1 amide bonds. The Bertz CT molecular complexity index is 487. The van der Waals surface area contributed by atoms with E-state index in [-0.39, 0.29) is 18.7 Å². The third kappa shape index (κ3) is 4.91. The van der Waals surface area contributed by atoms with Crippen molar-refractivity contribution < 1.29 is 19.4 Å². The van der Waals surface area contributed by atoms with E-state index in [1.807, 2.05) is 13.8 Å². The SMILES string of the molecule is CCC(C)(CC(=O)O)CC(=O)Nc1cccc(OC)c1. The summed E-state index contributed by atoms with van der Waals surface area (Å²) in [6.45, 7) is 3.70. The lowest BCUT2D eigenvalue weighted by atomic mass is 9.80. The number of ether oxygens (including phenoxy) is 1. The van der Waals surface area contributed by atoms with Gasteiger partial charge in [0.05, 0.1) is 13.5 Å². The zero-order chi connectivity index (χ0) is 15.2. The molecule has 0 aliphatic heterocycles. The molecule has 20 heavy (non-hydrogen) atoms. The number of aliphatic carboxylic acids is 1. The monoisotopic (exact) mass is 279 g/mol. The third-order valence-corrected chi connectivity index (χ3v) is 3.37. The average Bonchev–Trinajstić information content (AvgIpc) is 2.37. The molecule has 1 aromatic rings. The van der Waals surface area contributed by atoms with Crippen molar-refractivity contribution in [3.8, 4) is 5.75 Å². The summed E-state index contributed by atoms with van der Waals surface area (Å²) in [6, 6.07) is 7.06. The lowest BCUT2D eigenvalue weighted by molar-refractivity contribution is -0.140. The maximum atomic E-state index is 12.0. The number of carbonyl (C=O) groups is 2. The summed E-state index contributed by atoms with van der Waals surface area (Å²) < 4.78 is 5.08. The summed E-state index contributed by atoms with van der Waals surface area (Å²) in [7, 11) is 1.56. The lowest BCUT2D eigenvalue weighted by Gasteiger charge is -2.25. The zero-order valence-electron chi connectivity index (χ0n) is 12.1. The summed E-state index contributed by atoms with van der Waals surface area (Å²) in [5, 5.41) is 11.7. The Labute approximate surface area is 118 Å². The molecule has 0 saturated heterocycles. The molecule has 1 rings (SSSR count). The number of carbonyl (C=O) groups excluding carboxylic acids is 1. The van der Waals surface area contributed by atoms with Crippen LogP contribution in [0.2, 0.25) is 0 Å². The number of hydrogen-bond acceptors (Lipinski definition) is 3. The van der Waals surface area contributed by atoms with Gasteiger partial charge in [-0.05, 0) is 24.0 Å². The molecule has 0 radical (unpaired) electrons. The number of carboxylic acid groups (broad SMARTS) is 1. The van der Waals surface area contributed by atoms with Gasteiger partial charge in [0.1, 0.15) is 5.75 Å². The molecule has 0 aromatic heterocycles. The number of methoxy groups -OCH3 is 1. The van der Waals surface area contributed by atoms with Crippen LogP contribution in [0.3, 0.4) is 0 Å². The number of hydrogen-bond donors (Lipinski definition) is 2. The van der Waals surface area contributed by atoms with E-state index in [4.69, 9.17) is 9.84 Å². The van der Waals surface area contributed by atoms with E-state index in [0.717, 1.165) is 0 Å². The summed E-state index contributed by atoms with van der Waals surface area (Å²) >= 11 is 0. The molecule has 110 valence electrons. The van der Waals surface area contributed by atoms with Gasteiger partial charge in [-0.1, -0.05) is 19.9 Å². The van der Waals surface area contributed by atoms with Crippen molar-refractivity contribution in [1.82, 2.24) is 0 Å². The Morgan fingerprint density at radius 1 is 1.35 bits per heavy atom. The highest BCUT2D eigenvalue weighted by molar-refractivity contribution is 5.91. The van der Waals surface area contributed by atoms with Crippen LogP contribution in [0.4, 0.5) is 5.69 Å². The molecule has 5 heteroatoms. The average molecular weight is 279 g/mol. The molecule has 1 atom stereocenters. The van der Waals surface area contributed by atoms with E-state index >= 15 is 0 Å². The first-order chi connectivity index (χ1) is 9.38. The Kier molecular flexibility index (Phi) is 5.55. The molecular formula is C15H21NO4. The van der Waals surface area contributed by atoms with Gasteiger partial charge < -0.3 is 15.2 Å². The van der Waals surface area contributed by atoms with Crippen LogP contribution < -0.4 is 10.1 Å². The number of carboxylic acids is 1. The Morgan fingerprint density at radius 2 is 2.05 bits per heavy atom. The second-order valence-corrected chi connectivity index (χ2v) is 5.19. The van der Waals surface area contributed by atoms with Crippen molar-refractivity contribution in [1.29, 1.82) is 0 Å². The van der Waals surface area contributed by atoms with Crippen LogP contribution >= 0.6 is 0 Å². The molecule has 0 aliphatic carbocycles. The quantitative estimate of drug-likeness (QED) is 0.804. The fourth-order valence-corrected chi connectivity index (χ4v) is 1.97. The first kappa shape index (κ1) is 16.0. The highest BCUT2D eigenvalue weighted by atomic mass is 16.5. The molecule has 1 unspecified atom stereocenters. The van der Waals surface area contributed by atoms with Crippen molar-refractivity contribution in [3.05, 3.63) is 24.3 Å². The van der Waals surface area contributed by atoms with Gasteiger partial charge in [-0.2, -0.15) is 0 Å². The van der Waals surface area contributed by atoms with Crippen molar-refractivity contribution in [2.75, 3.05) is 12.4 Å². The van der Waals surface area contributed by atoms with E-state index in [9.17, 15) is 9.59 Å². The summed E-state index contributed by atoms with van der Waals surface area (Å²) in [4.78, 5) is 22.9. The van der Waals surface area contributed by atoms with E-state index in [1.54, 1.807) is 31.4 Å². The van der Waals surface area contributed by atoms with E-state index in [2.05, 4.69) is 5.32 Å². The van der Waals surface area contributed by atoms with Gasteiger partial charge in [-0.3, -0.25) is 9.59 Å². The second kappa shape index (κ2) is 6.93. The van der Waals surface area contributed by atoms with Crippen LogP contribution in [-0.4, -0.2) is 24.1 Å². The number of amides is 1. The lowest BCUT2D eigenvalue weighted by Crippen LogP contribution is -2.27. The van der Waals surface area contributed by atoms with Crippen LogP contribution in [0, 0.1) is 5.41 Å². The van der Waals surface area contributed by atoms with Gasteiger partial charge in [0.15, 0.2) is 0 Å². The molecule has 2 N–H and O–H groups in total. The van der Waals surface area contributed by atoms with Gasteiger partial charge in [0, 0.05) is 18.2 Å². The smallest absolute Gasteiger partial charge is 0.303 e.